The number of aromatic nitrogens is 1. The van der Waals surface area contributed by atoms with E-state index in [-0.39, 0.29) is 28.6 Å². The van der Waals surface area contributed by atoms with E-state index in [0.717, 1.165) is 0 Å². The van der Waals surface area contributed by atoms with Gasteiger partial charge in [-0.2, -0.15) is 0 Å². The molecule has 8 heteroatoms. The van der Waals surface area contributed by atoms with Crippen molar-refractivity contribution in [2.75, 3.05) is 17.2 Å². The van der Waals surface area contributed by atoms with Crippen molar-refractivity contribution < 1.29 is 23.9 Å². The van der Waals surface area contributed by atoms with Gasteiger partial charge in [-0.15, -0.1) is 0 Å². The first kappa shape index (κ1) is 21.5. The minimum atomic E-state index is -0.736. The van der Waals surface area contributed by atoms with Crippen LogP contribution in [0.2, 0.25) is 0 Å². The summed E-state index contributed by atoms with van der Waals surface area (Å²) in [5, 5.41) is 5.34. The van der Waals surface area contributed by atoms with Crippen LogP contribution in [0, 0.1) is 0 Å². The molecule has 3 rings (SSSR count). The Bertz CT molecular complexity index is 1140. The highest BCUT2D eigenvalue weighted by Crippen LogP contribution is 2.17. The molecule has 0 bridgehead atoms. The van der Waals surface area contributed by atoms with Crippen LogP contribution in [-0.4, -0.2) is 34.7 Å². The SMILES string of the molecule is CC(=O)c1cc(C(=O)OCC(=O)Nc2ccccc2C(=O)Nc2ccccc2)n(C)c1. The lowest BCUT2D eigenvalue weighted by atomic mass is 10.1. The predicted molar refractivity (Wildman–Crippen MR) is 115 cm³/mol. The van der Waals surface area contributed by atoms with Crippen LogP contribution in [0.1, 0.15) is 38.1 Å². The Morgan fingerprint density at radius 3 is 2.29 bits per heavy atom. The summed E-state index contributed by atoms with van der Waals surface area (Å²) in [5.41, 5.74) is 1.70. The van der Waals surface area contributed by atoms with Gasteiger partial charge in [0.2, 0.25) is 0 Å². The summed E-state index contributed by atoms with van der Waals surface area (Å²) >= 11 is 0. The number of rotatable bonds is 7. The number of nitrogens with one attached hydrogen (secondary N) is 2. The van der Waals surface area contributed by atoms with Gasteiger partial charge in [-0.25, -0.2) is 4.79 Å². The van der Waals surface area contributed by atoms with Crippen molar-refractivity contribution >= 4 is 34.9 Å². The second-order valence-electron chi connectivity index (χ2n) is 6.77. The zero-order chi connectivity index (χ0) is 22.4. The third-order valence-corrected chi connectivity index (χ3v) is 4.43. The van der Waals surface area contributed by atoms with Crippen LogP contribution < -0.4 is 10.6 Å². The molecule has 0 fully saturated rings. The molecule has 0 aliphatic carbocycles. The van der Waals surface area contributed by atoms with Crippen molar-refractivity contribution in [1.29, 1.82) is 0 Å². The van der Waals surface area contributed by atoms with E-state index < -0.39 is 18.5 Å². The third kappa shape index (κ3) is 5.45. The second kappa shape index (κ2) is 9.53. The van der Waals surface area contributed by atoms with Crippen molar-refractivity contribution in [2.24, 2.45) is 7.05 Å². The monoisotopic (exact) mass is 419 g/mol. The molecule has 1 aromatic heterocycles. The molecule has 2 amide bonds. The van der Waals surface area contributed by atoms with Crippen LogP contribution in [0.15, 0.2) is 66.9 Å². The van der Waals surface area contributed by atoms with E-state index >= 15 is 0 Å². The summed E-state index contributed by atoms with van der Waals surface area (Å²) in [6, 6.07) is 16.8. The molecule has 0 saturated heterocycles. The number of nitrogens with zero attached hydrogens (tertiary/aromatic N) is 1. The molecule has 0 aliphatic rings. The highest BCUT2D eigenvalue weighted by atomic mass is 16.5. The van der Waals surface area contributed by atoms with Crippen LogP contribution >= 0.6 is 0 Å². The first-order valence-corrected chi connectivity index (χ1v) is 9.45. The van der Waals surface area contributed by atoms with E-state index in [4.69, 9.17) is 4.74 Å². The third-order valence-electron chi connectivity index (χ3n) is 4.43. The molecule has 3 aromatic rings. The predicted octanol–water partition coefficient (Wildman–Crippen LogP) is 3.28. The maximum atomic E-state index is 12.6. The number of esters is 1. The van der Waals surface area contributed by atoms with Gasteiger partial charge in [-0.3, -0.25) is 14.4 Å². The molecule has 31 heavy (non-hydrogen) atoms. The fourth-order valence-electron chi connectivity index (χ4n) is 2.86. The van der Waals surface area contributed by atoms with Crippen molar-refractivity contribution in [1.82, 2.24) is 4.57 Å². The Labute approximate surface area is 178 Å². The molecular weight excluding hydrogens is 398 g/mol. The fraction of sp³-hybridized carbons (Fsp3) is 0.130. The van der Waals surface area contributed by atoms with Gasteiger partial charge in [0.05, 0.1) is 11.3 Å². The Kier molecular flexibility index (Phi) is 6.61. The van der Waals surface area contributed by atoms with Crippen molar-refractivity contribution in [2.45, 2.75) is 6.92 Å². The van der Waals surface area contributed by atoms with Crippen molar-refractivity contribution in [3.8, 4) is 0 Å². The van der Waals surface area contributed by atoms with Gasteiger partial charge >= 0.3 is 5.97 Å². The molecular formula is C23H21N3O5. The number of aryl methyl sites for hydroxylation is 1. The average Bonchev–Trinajstić information content (AvgIpc) is 3.15. The lowest BCUT2D eigenvalue weighted by Crippen LogP contribution is -2.23. The maximum absolute atomic E-state index is 12.6. The topological polar surface area (TPSA) is 106 Å². The van der Waals surface area contributed by atoms with Crippen LogP contribution in [0.4, 0.5) is 11.4 Å². The molecule has 0 aliphatic heterocycles. The number of benzene rings is 2. The molecule has 2 aromatic carbocycles. The molecule has 0 atom stereocenters. The second-order valence-corrected chi connectivity index (χ2v) is 6.77. The van der Waals surface area contributed by atoms with Crippen molar-refractivity contribution in [3.05, 3.63) is 83.7 Å². The van der Waals surface area contributed by atoms with Gasteiger partial charge in [0.1, 0.15) is 5.69 Å². The van der Waals surface area contributed by atoms with E-state index in [1.54, 1.807) is 55.6 Å². The number of hydrogen-bond donors (Lipinski definition) is 2. The van der Waals surface area contributed by atoms with Gasteiger partial charge in [0.25, 0.3) is 11.8 Å². The Morgan fingerprint density at radius 1 is 0.935 bits per heavy atom. The highest BCUT2D eigenvalue weighted by Gasteiger charge is 2.18. The Balaban J connectivity index is 1.63. The normalized spacial score (nSPS) is 10.3. The Hall–Kier alpha value is -4.20. The number of ketones is 1. The maximum Gasteiger partial charge on any atom is 0.355 e. The summed E-state index contributed by atoms with van der Waals surface area (Å²) < 4.78 is 6.51. The summed E-state index contributed by atoms with van der Waals surface area (Å²) in [7, 11) is 1.60. The first-order valence-electron chi connectivity index (χ1n) is 9.45. The van der Waals surface area contributed by atoms with Gasteiger partial charge in [0, 0.05) is 24.5 Å². The molecule has 0 radical (unpaired) electrons. The Morgan fingerprint density at radius 2 is 1.61 bits per heavy atom. The number of Topliss-reactive ketones (excluding diaryl/α,β-unsaturated/α-hetero) is 1. The molecule has 2 N–H and O–H groups in total. The highest BCUT2D eigenvalue weighted by molar-refractivity contribution is 6.10. The number of amides is 2. The van der Waals surface area contributed by atoms with E-state index in [9.17, 15) is 19.2 Å². The van der Waals surface area contributed by atoms with Gasteiger partial charge in [-0.1, -0.05) is 30.3 Å². The number of anilines is 2. The van der Waals surface area contributed by atoms with Crippen molar-refractivity contribution in [3.63, 3.8) is 0 Å². The van der Waals surface area contributed by atoms with Crippen LogP contribution in [0.3, 0.4) is 0 Å². The molecule has 0 saturated carbocycles. The largest absolute Gasteiger partial charge is 0.451 e. The lowest BCUT2D eigenvalue weighted by molar-refractivity contribution is -0.119. The summed E-state index contributed by atoms with van der Waals surface area (Å²) in [4.78, 5) is 48.6. The zero-order valence-corrected chi connectivity index (χ0v) is 17.0. The van der Waals surface area contributed by atoms with Gasteiger partial charge in [-0.05, 0) is 37.3 Å². The number of para-hydroxylation sites is 2. The number of ether oxygens (including phenoxy) is 1. The van der Waals surface area contributed by atoms with Gasteiger partial charge in [0.15, 0.2) is 12.4 Å². The van der Waals surface area contributed by atoms with Crippen LogP contribution in [0.25, 0.3) is 0 Å². The molecule has 158 valence electrons. The average molecular weight is 419 g/mol. The quantitative estimate of drug-likeness (QED) is 0.452. The zero-order valence-electron chi connectivity index (χ0n) is 17.0. The minimum absolute atomic E-state index is 0.153. The fourth-order valence-corrected chi connectivity index (χ4v) is 2.86. The van der Waals surface area contributed by atoms with E-state index in [2.05, 4.69) is 10.6 Å². The number of carbonyl (C=O) groups excluding carboxylic acids is 4. The molecule has 1 heterocycles. The molecule has 8 nitrogen and oxygen atoms in total. The smallest absolute Gasteiger partial charge is 0.355 e. The minimum Gasteiger partial charge on any atom is -0.451 e. The standard InChI is InChI=1S/C23H21N3O5/c1-15(27)16-12-20(26(2)13-16)23(30)31-14-21(28)25-19-11-7-6-10-18(19)22(29)24-17-8-4-3-5-9-17/h3-13H,14H2,1-2H3,(H,24,29)(H,25,28). The summed E-state index contributed by atoms with van der Waals surface area (Å²) in [5.74, 6) is -1.91. The lowest BCUT2D eigenvalue weighted by Gasteiger charge is -2.12. The van der Waals surface area contributed by atoms with Crippen LogP contribution in [0.5, 0.6) is 0 Å². The summed E-state index contributed by atoms with van der Waals surface area (Å²) in [6.07, 6.45) is 1.51. The molecule has 0 spiro atoms. The number of hydrogen-bond acceptors (Lipinski definition) is 5. The van der Waals surface area contributed by atoms with Crippen LogP contribution in [-0.2, 0) is 16.6 Å². The summed E-state index contributed by atoms with van der Waals surface area (Å²) in [6.45, 7) is 0.845. The van der Waals surface area contributed by atoms with E-state index in [0.29, 0.717) is 11.3 Å². The molecule has 0 unspecified atom stereocenters. The first-order chi connectivity index (χ1) is 14.8. The van der Waals surface area contributed by atoms with Gasteiger partial charge < -0.3 is 19.9 Å². The van der Waals surface area contributed by atoms with E-state index in [1.165, 1.54) is 23.8 Å². The van der Waals surface area contributed by atoms with E-state index in [1.807, 2.05) is 6.07 Å². The number of carbonyl (C=O) groups is 4.